The minimum absolute atomic E-state index is 0.100. The Bertz CT molecular complexity index is 625. The van der Waals surface area contributed by atoms with Crippen molar-refractivity contribution in [2.45, 2.75) is 38.8 Å². The van der Waals surface area contributed by atoms with Crippen molar-refractivity contribution < 1.29 is 4.79 Å². The summed E-state index contributed by atoms with van der Waals surface area (Å²) in [6.07, 6.45) is 5.42. The maximum absolute atomic E-state index is 12.9. The van der Waals surface area contributed by atoms with Gasteiger partial charge in [0.05, 0.1) is 6.04 Å². The van der Waals surface area contributed by atoms with Crippen molar-refractivity contribution in [2.24, 2.45) is 5.92 Å². The molecule has 1 aliphatic rings. The molecule has 0 saturated carbocycles. The van der Waals surface area contributed by atoms with E-state index in [0.29, 0.717) is 6.04 Å². The Morgan fingerprint density at radius 3 is 2.24 bits per heavy atom. The lowest BCUT2D eigenvalue weighted by Gasteiger charge is -2.34. The van der Waals surface area contributed by atoms with Gasteiger partial charge in [0.15, 0.2) is 0 Å². The molecular weight excluding hydrogens is 310 g/mol. The van der Waals surface area contributed by atoms with Crippen LogP contribution >= 0.6 is 0 Å². The number of nitrogens with one attached hydrogen (secondary N) is 1. The first-order valence-corrected chi connectivity index (χ1v) is 9.14. The number of piperidine rings is 1. The summed E-state index contributed by atoms with van der Waals surface area (Å²) in [7, 11) is 0. The second-order valence-corrected chi connectivity index (χ2v) is 7.04. The van der Waals surface area contributed by atoms with Crippen molar-refractivity contribution in [1.29, 1.82) is 0 Å². The molecule has 1 amide bonds. The summed E-state index contributed by atoms with van der Waals surface area (Å²) in [6.45, 7) is 6.44. The zero-order valence-corrected chi connectivity index (χ0v) is 15.1. The maximum atomic E-state index is 12.9. The number of nitrogens with zero attached hydrogens (tertiary/aromatic N) is 2. The third-order valence-electron chi connectivity index (χ3n) is 5.09. The fourth-order valence-electron chi connectivity index (χ4n) is 3.50. The summed E-state index contributed by atoms with van der Waals surface area (Å²) in [5.41, 5.74) is 2.16. The fraction of sp³-hybridized carbons (Fsp3) is 0.429. The average Bonchev–Trinajstić information content (AvgIpc) is 2.67. The van der Waals surface area contributed by atoms with Crippen LogP contribution in [0.4, 0.5) is 0 Å². The van der Waals surface area contributed by atoms with E-state index >= 15 is 0 Å². The predicted octanol–water partition coefficient (Wildman–Crippen LogP) is 3.41. The molecule has 0 bridgehead atoms. The Morgan fingerprint density at radius 2 is 1.64 bits per heavy atom. The van der Waals surface area contributed by atoms with Crippen LogP contribution in [0.3, 0.4) is 0 Å². The van der Waals surface area contributed by atoms with Gasteiger partial charge in [-0.15, -0.1) is 0 Å². The number of hydrogen-bond acceptors (Lipinski definition) is 3. The molecule has 1 N–H and O–H groups in total. The van der Waals surface area contributed by atoms with Crippen molar-refractivity contribution in [2.75, 3.05) is 13.1 Å². The number of amides is 1. The fourth-order valence-corrected chi connectivity index (χ4v) is 3.50. The predicted molar refractivity (Wildman–Crippen MR) is 100 cm³/mol. The van der Waals surface area contributed by atoms with E-state index in [-0.39, 0.29) is 17.9 Å². The van der Waals surface area contributed by atoms with E-state index in [1.807, 2.05) is 30.3 Å². The molecule has 1 aromatic heterocycles. The molecule has 3 rings (SSSR count). The van der Waals surface area contributed by atoms with Crippen molar-refractivity contribution in [3.8, 4) is 0 Å². The number of rotatable bonds is 5. The van der Waals surface area contributed by atoms with Gasteiger partial charge < -0.3 is 10.2 Å². The van der Waals surface area contributed by atoms with Crippen LogP contribution in [0, 0.1) is 5.92 Å². The molecule has 4 heteroatoms. The molecule has 0 spiro atoms. The number of benzene rings is 1. The summed E-state index contributed by atoms with van der Waals surface area (Å²) in [6, 6.07) is 14.5. The lowest BCUT2D eigenvalue weighted by molar-refractivity contribution is -0.127. The Morgan fingerprint density at radius 1 is 1.04 bits per heavy atom. The van der Waals surface area contributed by atoms with Gasteiger partial charge in [0.1, 0.15) is 0 Å². The number of likely N-dealkylation sites (tertiary alicyclic amines) is 1. The number of carbonyl (C=O) groups is 1. The van der Waals surface area contributed by atoms with E-state index in [1.54, 1.807) is 12.4 Å². The first kappa shape index (κ1) is 17.6. The topological polar surface area (TPSA) is 45.2 Å². The molecule has 132 valence electrons. The van der Waals surface area contributed by atoms with Crippen LogP contribution < -0.4 is 5.32 Å². The standard InChI is InChI=1S/C21H27N3O/c1-16(2)24-14-10-19(11-15-24)21(25)23-20(17-6-4-3-5-7-17)18-8-12-22-13-9-18/h3-9,12-13,16,19-20H,10-11,14-15H2,1-2H3,(H,23,25)/t20-/m0/s1. The second-order valence-electron chi connectivity index (χ2n) is 7.04. The van der Waals surface area contributed by atoms with Gasteiger partial charge in [-0.1, -0.05) is 30.3 Å². The second kappa shape index (κ2) is 8.26. The summed E-state index contributed by atoms with van der Waals surface area (Å²) in [4.78, 5) is 19.4. The van der Waals surface area contributed by atoms with E-state index in [0.717, 1.165) is 37.1 Å². The molecule has 25 heavy (non-hydrogen) atoms. The Balaban J connectivity index is 1.72. The maximum Gasteiger partial charge on any atom is 0.223 e. The monoisotopic (exact) mass is 337 g/mol. The van der Waals surface area contributed by atoms with Gasteiger partial charge in [-0.25, -0.2) is 0 Å². The zero-order chi connectivity index (χ0) is 17.6. The van der Waals surface area contributed by atoms with Crippen LogP contribution in [0.25, 0.3) is 0 Å². The van der Waals surface area contributed by atoms with Crippen LogP contribution in [0.15, 0.2) is 54.9 Å². The van der Waals surface area contributed by atoms with Crippen molar-refractivity contribution >= 4 is 5.91 Å². The molecule has 1 saturated heterocycles. The molecule has 0 aliphatic carbocycles. The highest BCUT2D eigenvalue weighted by Gasteiger charge is 2.28. The van der Waals surface area contributed by atoms with Crippen LogP contribution in [-0.2, 0) is 4.79 Å². The third kappa shape index (κ3) is 4.45. The highest BCUT2D eigenvalue weighted by atomic mass is 16.1. The molecule has 1 atom stereocenters. The first-order valence-electron chi connectivity index (χ1n) is 9.14. The number of aromatic nitrogens is 1. The molecular formula is C21H27N3O. The van der Waals surface area contributed by atoms with E-state index in [2.05, 4.69) is 41.2 Å². The van der Waals surface area contributed by atoms with Gasteiger partial charge in [-0.05, 0) is 63.0 Å². The smallest absolute Gasteiger partial charge is 0.223 e. The third-order valence-corrected chi connectivity index (χ3v) is 5.09. The molecule has 0 unspecified atom stereocenters. The SMILES string of the molecule is CC(C)N1CCC(C(=O)N[C@@H](c2ccccc2)c2ccncc2)CC1. The Labute approximate surface area is 150 Å². The number of hydrogen-bond donors (Lipinski definition) is 1. The van der Waals surface area contributed by atoms with Gasteiger partial charge in [0, 0.05) is 24.4 Å². The molecule has 1 fully saturated rings. The lowest BCUT2D eigenvalue weighted by atomic mass is 9.93. The molecule has 1 aliphatic heterocycles. The largest absolute Gasteiger partial charge is 0.345 e. The number of pyridine rings is 1. The normalized spacial score (nSPS) is 17.4. The highest BCUT2D eigenvalue weighted by Crippen LogP contribution is 2.24. The molecule has 4 nitrogen and oxygen atoms in total. The van der Waals surface area contributed by atoms with E-state index < -0.39 is 0 Å². The van der Waals surface area contributed by atoms with E-state index in [4.69, 9.17) is 0 Å². The van der Waals surface area contributed by atoms with Crippen LogP contribution in [-0.4, -0.2) is 34.9 Å². The van der Waals surface area contributed by atoms with Gasteiger partial charge in [-0.2, -0.15) is 0 Å². The minimum Gasteiger partial charge on any atom is -0.345 e. The van der Waals surface area contributed by atoms with Gasteiger partial charge in [0.25, 0.3) is 0 Å². The van der Waals surface area contributed by atoms with Crippen molar-refractivity contribution in [3.05, 3.63) is 66.0 Å². The average molecular weight is 337 g/mol. The van der Waals surface area contributed by atoms with Crippen molar-refractivity contribution in [1.82, 2.24) is 15.2 Å². The van der Waals surface area contributed by atoms with Crippen LogP contribution in [0.1, 0.15) is 43.9 Å². The van der Waals surface area contributed by atoms with E-state index in [9.17, 15) is 4.79 Å². The van der Waals surface area contributed by atoms with E-state index in [1.165, 1.54) is 0 Å². The zero-order valence-electron chi connectivity index (χ0n) is 15.1. The molecule has 2 heterocycles. The molecule has 1 aromatic carbocycles. The minimum atomic E-state index is -0.125. The molecule has 2 aromatic rings. The lowest BCUT2D eigenvalue weighted by Crippen LogP contribution is -2.43. The summed E-state index contributed by atoms with van der Waals surface area (Å²) < 4.78 is 0. The summed E-state index contributed by atoms with van der Waals surface area (Å²) in [5.74, 6) is 0.261. The quantitative estimate of drug-likeness (QED) is 0.909. The highest BCUT2D eigenvalue weighted by molar-refractivity contribution is 5.79. The van der Waals surface area contributed by atoms with Gasteiger partial charge in [-0.3, -0.25) is 9.78 Å². The van der Waals surface area contributed by atoms with Gasteiger partial charge in [0.2, 0.25) is 5.91 Å². The summed E-state index contributed by atoms with van der Waals surface area (Å²) >= 11 is 0. The van der Waals surface area contributed by atoms with Crippen LogP contribution in [0.5, 0.6) is 0 Å². The Kier molecular flexibility index (Phi) is 5.82. The van der Waals surface area contributed by atoms with Crippen molar-refractivity contribution in [3.63, 3.8) is 0 Å². The van der Waals surface area contributed by atoms with Gasteiger partial charge >= 0.3 is 0 Å². The first-order chi connectivity index (χ1) is 12.1. The molecule has 0 radical (unpaired) electrons. The summed E-state index contributed by atoms with van der Waals surface area (Å²) in [5, 5.41) is 3.28. The van der Waals surface area contributed by atoms with Crippen LogP contribution in [0.2, 0.25) is 0 Å². The Hall–Kier alpha value is -2.20. The number of carbonyl (C=O) groups excluding carboxylic acids is 1.